The first-order valence-electron chi connectivity index (χ1n) is 6.28. The highest BCUT2D eigenvalue weighted by molar-refractivity contribution is 5.91. The quantitative estimate of drug-likeness (QED) is 0.915. The zero-order valence-electron chi connectivity index (χ0n) is 11.5. The van der Waals surface area contributed by atoms with Gasteiger partial charge in [0.05, 0.1) is 18.7 Å². The van der Waals surface area contributed by atoms with Crippen molar-refractivity contribution in [1.29, 1.82) is 5.26 Å². The summed E-state index contributed by atoms with van der Waals surface area (Å²) in [7, 11) is 1.50. The van der Waals surface area contributed by atoms with Crippen molar-refractivity contribution >= 4 is 11.6 Å². The minimum absolute atomic E-state index is 0.146. The van der Waals surface area contributed by atoms with Gasteiger partial charge in [-0.3, -0.25) is 4.79 Å². The molecule has 0 heterocycles. The van der Waals surface area contributed by atoms with Gasteiger partial charge >= 0.3 is 0 Å². The number of para-hydroxylation sites is 1. The predicted molar refractivity (Wildman–Crippen MR) is 78.3 cm³/mol. The van der Waals surface area contributed by atoms with Gasteiger partial charge in [0.1, 0.15) is 11.5 Å². The van der Waals surface area contributed by atoms with Crippen LogP contribution >= 0.6 is 0 Å². The molecule has 106 valence electrons. The first-order chi connectivity index (χ1) is 10.2. The summed E-state index contributed by atoms with van der Waals surface area (Å²) in [4.78, 5) is 11.8. The van der Waals surface area contributed by atoms with Gasteiger partial charge in [-0.1, -0.05) is 18.2 Å². The molecule has 0 aliphatic heterocycles. The molecule has 0 aliphatic carbocycles. The van der Waals surface area contributed by atoms with E-state index in [1.165, 1.54) is 7.11 Å². The highest BCUT2D eigenvalue weighted by Gasteiger charge is 2.06. The van der Waals surface area contributed by atoms with Crippen molar-refractivity contribution in [3.05, 3.63) is 54.1 Å². The number of methoxy groups -OCH3 is 1. The van der Waals surface area contributed by atoms with Crippen LogP contribution in [-0.2, 0) is 4.79 Å². The van der Waals surface area contributed by atoms with Gasteiger partial charge in [0, 0.05) is 11.8 Å². The van der Waals surface area contributed by atoms with E-state index in [9.17, 15) is 4.79 Å². The Labute approximate surface area is 122 Å². The monoisotopic (exact) mass is 282 g/mol. The summed E-state index contributed by atoms with van der Waals surface area (Å²) in [6.07, 6.45) is 0. The molecule has 1 amide bonds. The number of amides is 1. The van der Waals surface area contributed by atoms with E-state index < -0.39 is 0 Å². The lowest BCUT2D eigenvalue weighted by Crippen LogP contribution is -2.20. The molecule has 0 saturated heterocycles. The third-order valence-electron chi connectivity index (χ3n) is 2.67. The number of anilines is 1. The van der Waals surface area contributed by atoms with Gasteiger partial charge in [-0.2, -0.15) is 5.26 Å². The number of hydrogen-bond acceptors (Lipinski definition) is 4. The standard InChI is InChI=1S/C16H14N2O3/c1-20-14-7-12(10-17)8-15(9-14)21-11-16(19)18-13-5-3-2-4-6-13/h2-9H,11H2,1H3,(H,18,19). The molecule has 0 spiro atoms. The van der Waals surface area contributed by atoms with Crippen LogP contribution in [0.2, 0.25) is 0 Å². The van der Waals surface area contributed by atoms with Gasteiger partial charge in [0.2, 0.25) is 0 Å². The SMILES string of the molecule is COc1cc(C#N)cc(OCC(=O)Nc2ccccc2)c1. The van der Waals surface area contributed by atoms with Crippen molar-refractivity contribution in [2.45, 2.75) is 0 Å². The molecule has 0 fully saturated rings. The zero-order valence-corrected chi connectivity index (χ0v) is 11.5. The minimum Gasteiger partial charge on any atom is -0.497 e. The maximum absolute atomic E-state index is 11.8. The lowest BCUT2D eigenvalue weighted by molar-refractivity contribution is -0.118. The van der Waals surface area contributed by atoms with E-state index in [0.717, 1.165) is 0 Å². The number of ether oxygens (including phenoxy) is 2. The largest absolute Gasteiger partial charge is 0.497 e. The Morgan fingerprint density at radius 2 is 1.90 bits per heavy atom. The highest BCUT2D eigenvalue weighted by atomic mass is 16.5. The molecular weight excluding hydrogens is 268 g/mol. The zero-order chi connectivity index (χ0) is 15.1. The average molecular weight is 282 g/mol. The number of carbonyl (C=O) groups is 1. The summed E-state index contributed by atoms with van der Waals surface area (Å²) >= 11 is 0. The number of nitriles is 1. The number of rotatable bonds is 5. The fraction of sp³-hybridized carbons (Fsp3) is 0.125. The molecule has 0 aliphatic rings. The number of nitrogens with zero attached hydrogens (tertiary/aromatic N) is 1. The van der Waals surface area contributed by atoms with Crippen LogP contribution in [0.15, 0.2) is 48.5 Å². The first kappa shape index (κ1) is 14.4. The maximum Gasteiger partial charge on any atom is 0.262 e. The molecule has 2 rings (SSSR count). The number of nitrogens with one attached hydrogen (secondary N) is 1. The topological polar surface area (TPSA) is 71.3 Å². The summed E-state index contributed by atoms with van der Waals surface area (Å²) < 4.78 is 10.4. The van der Waals surface area contributed by atoms with Gasteiger partial charge in [-0.15, -0.1) is 0 Å². The van der Waals surface area contributed by atoms with Crippen LogP contribution in [0.5, 0.6) is 11.5 Å². The number of hydrogen-bond donors (Lipinski definition) is 1. The van der Waals surface area contributed by atoms with E-state index in [-0.39, 0.29) is 12.5 Å². The molecule has 0 atom stereocenters. The van der Waals surface area contributed by atoms with Crippen molar-refractivity contribution < 1.29 is 14.3 Å². The molecule has 2 aromatic rings. The molecule has 2 aromatic carbocycles. The second-order valence-corrected chi connectivity index (χ2v) is 4.21. The Hall–Kier alpha value is -3.00. The predicted octanol–water partition coefficient (Wildman–Crippen LogP) is 2.58. The summed E-state index contributed by atoms with van der Waals surface area (Å²) in [5.74, 6) is 0.643. The van der Waals surface area contributed by atoms with Crippen LogP contribution in [0.25, 0.3) is 0 Å². The Morgan fingerprint density at radius 1 is 1.19 bits per heavy atom. The molecule has 0 unspecified atom stereocenters. The second kappa shape index (κ2) is 6.96. The van der Waals surface area contributed by atoms with Gasteiger partial charge in [0.15, 0.2) is 6.61 Å². The van der Waals surface area contributed by atoms with Crippen molar-refractivity contribution in [2.24, 2.45) is 0 Å². The Balaban J connectivity index is 1.96. The molecule has 5 nitrogen and oxygen atoms in total. The van der Waals surface area contributed by atoms with Crippen LogP contribution in [0.4, 0.5) is 5.69 Å². The van der Waals surface area contributed by atoms with Crippen LogP contribution in [-0.4, -0.2) is 19.6 Å². The van der Waals surface area contributed by atoms with Gasteiger partial charge < -0.3 is 14.8 Å². The van der Waals surface area contributed by atoms with Crippen molar-refractivity contribution in [1.82, 2.24) is 0 Å². The molecule has 0 bridgehead atoms. The molecular formula is C16H14N2O3. The molecule has 5 heteroatoms. The van der Waals surface area contributed by atoms with Crippen LogP contribution in [0, 0.1) is 11.3 Å². The normalized spacial score (nSPS) is 9.52. The maximum atomic E-state index is 11.8. The van der Waals surface area contributed by atoms with Gasteiger partial charge in [-0.25, -0.2) is 0 Å². The van der Waals surface area contributed by atoms with E-state index in [0.29, 0.717) is 22.7 Å². The molecule has 0 aromatic heterocycles. The van der Waals surface area contributed by atoms with Crippen molar-refractivity contribution in [2.75, 3.05) is 19.0 Å². The van der Waals surface area contributed by atoms with Crippen molar-refractivity contribution in [3.8, 4) is 17.6 Å². The van der Waals surface area contributed by atoms with Gasteiger partial charge in [-0.05, 0) is 24.3 Å². The Kier molecular flexibility index (Phi) is 4.78. The summed E-state index contributed by atoms with van der Waals surface area (Å²) in [6.45, 7) is -0.146. The van der Waals surface area contributed by atoms with E-state index in [1.807, 2.05) is 24.3 Å². The third kappa shape index (κ3) is 4.25. The lowest BCUT2D eigenvalue weighted by Gasteiger charge is -2.09. The number of carbonyl (C=O) groups excluding carboxylic acids is 1. The van der Waals surface area contributed by atoms with Crippen LogP contribution in [0.3, 0.4) is 0 Å². The third-order valence-corrected chi connectivity index (χ3v) is 2.67. The number of benzene rings is 2. The molecule has 1 N–H and O–H groups in total. The fourth-order valence-electron chi connectivity index (χ4n) is 1.70. The summed E-state index contributed by atoms with van der Waals surface area (Å²) in [6, 6.07) is 15.9. The summed E-state index contributed by atoms with van der Waals surface area (Å²) in [5.41, 5.74) is 1.11. The Morgan fingerprint density at radius 3 is 2.57 bits per heavy atom. The highest BCUT2D eigenvalue weighted by Crippen LogP contribution is 2.22. The summed E-state index contributed by atoms with van der Waals surface area (Å²) in [5, 5.41) is 11.6. The van der Waals surface area contributed by atoms with E-state index >= 15 is 0 Å². The molecule has 0 saturated carbocycles. The molecule has 21 heavy (non-hydrogen) atoms. The Bertz CT molecular complexity index is 663. The fourth-order valence-corrected chi connectivity index (χ4v) is 1.70. The van der Waals surface area contributed by atoms with Crippen LogP contribution < -0.4 is 14.8 Å². The average Bonchev–Trinajstić information content (AvgIpc) is 2.53. The van der Waals surface area contributed by atoms with E-state index in [4.69, 9.17) is 14.7 Å². The van der Waals surface area contributed by atoms with Crippen LogP contribution in [0.1, 0.15) is 5.56 Å². The molecule has 0 radical (unpaired) electrons. The van der Waals surface area contributed by atoms with E-state index in [2.05, 4.69) is 5.32 Å². The van der Waals surface area contributed by atoms with Gasteiger partial charge in [0.25, 0.3) is 5.91 Å². The smallest absolute Gasteiger partial charge is 0.262 e. The minimum atomic E-state index is -0.275. The lowest BCUT2D eigenvalue weighted by atomic mass is 10.2. The second-order valence-electron chi connectivity index (χ2n) is 4.21. The first-order valence-corrected chi connectivity index (χ1v) is 6.28. The van der Waals surface area contributed by atoms with Crippen molar-refractivity contribution in [3.63, 3.8) is 0 Å². The van der Waals surface area contributed by atoms with E-state index in [1.54, 1.807) is 30.3 Å².